The lowest BCUT2D eigenvalue weighted by atomic mass is 10.0. The number of nitrogens with one attached hydrogen (secondary N) is 1. The predicted octanol–water partition coefficient (Wildman–Crippen LogP) is 4.80. The van der Waals surface area contributed by atoms with Gasteiger partial charge in [0, 0.05) is 25.9 Å². The van der Waals surface area contributed by atoms with Crippen LogP contribution in [0.3, 0.4) is 0 Å². The maximum Gasteiger partial charge on any atom is 0.243 e. The monoisotopic (exact) mass is 432 g/mol. The molecule has 0 aliphatic heterocycles. The number of halogens is 1. The van der Waals surface area contributed by atoms with Crippen LogP contribution in [0.1, 0.15) is 35.6 Å². The van der Waals surface area contributed by atoms with Crippen molar-refractivity contribution in [2.24, 2.45) is 0 Å². The number of hydrogen-bond acceptors (Lipinski definition) is 2. The van der Waals surface area contributed by atoms with Crippen LogP contribution in [-0.2, 0) is 29.1 Å². The van der Waals surface area contributed by atoms with Crippen LogP contribution in [0.15, 0.2) is 78.9 Å². The fraction of sp³-hybridized carbons (Fsp3) is 0.259. The van der Waals surface area contributed by atoms with Gasteiger partial charge in [-0.2, -0.15) is 0 Å². The van der Waals surface area contributed by atoms with Gasteiger partial charge in [-0.25, -0.2) is 4.39 Å². The van der Waals surface area contributed by atoms with Crippen molar-refractivity contribution in [1.29, 1.82) is 0 Å². The highest BCUT2D eigenvalue weighted by Gasteiger charge is 2.29. The lowest BCUT2D eigenvalue weighted by molar-refractivity contribution is -0.141. The van der Waals surface area contributed by atoms with Gasteiger partial charge in [0.15, 0.2) is 0 Å². The van der Waals surface area contributed by atoms with Gasteiger partial charge in [-0.05, 0) is 35.7 Å². The molecule has 0 fully saturated rings. The maximum absolute atomic E-state index is 13.4. The normalized spacial score (nSPS) is 11.6. The summed E-state index contributed by atoms with van der Waals surface area (Å²) in [4.78, 5) is 27.8. The summed E-state index contributed by atoms with van der Waals surface area (Å²) in [5.74, 6) is -0.669. The molecule has 3 rings (SSSR count). The van der Waals surface area contributed by atoms with Crippen LogP contribution in [0.4, 0.5) is 4.39 Å². The van der Waals surface area contributed by atoms with Crippen molar-refractivity contribution in [1.82, 2.24) is 10.2 Å². The molecule has 5 heteroatoms. The van der Waals surface area contributed by atoms with Crippen LogP contribution in [0.2, 0.25) is 0 Å². The first-order valence-electron chi connectivity index (χ1n) is 10.9. The number of carbonyl (C=O) groups excluding carboxylic acids is 2. The first kappa shape index (κ1) is 23.2. The lowest BCUT2D eigenvalue weighted by Crippen LogP contribution is -2.50. The Morgan fingerprint density at radius 1 is 0.875 bits per heavy atom. The molecule has 32 heavy (non-hydrogen) atoms. The van der Waals surface area contributed by atoms with Crippen molar-refractivity contribution in [3.63, 3.8) is 0 Å². The number of hydrogen-bond donors (Lipinski definition) is 1. The summed E-state index contributed by atoms with van der Waals surface area (Å²) < 4.78 is 13.4. The van der Waals surface area contributed by atoms with E-state index in [1.54, 1.807) is 24.0 Å². The van der Waals surface area contributed by atoms with Gasteiger partial charge >= 0.3 is 0 Å². The van der Waals surface area contributed by atoms with Crippen molar-refractivity contribution in [2.45, 2.75) is 45.8 Å². The van der Waals surface area contributed by atoms with Crippen LogP contribution >= 0.6 is 0 Å². The van der Waals surface area contributed by atoms with Crippen molar-refractivity contribution >= 4 is 11.8 Å². The summed E-state index contributed by atoms with van der Waals surface area (Å²) in [5, 5.41) is 3.00. The molecule has 1 N–H and O–H groups in total. The van der Waals surface area contributed by atoms with Crippen LogP contribution in [0, 0.1) is 12.7 Å². The number of carbonyl (C=O) groups is 2. The molecule has 3 aromatic carbocycles. The quantitative estimate of drug-likeness (QED) is 0.528. The van der Waals surface area contributed by atoms with Gasteiger partial charge in [0.1, 0.15) is 11.9 Å². The second-order valence-electron chi connectivity index (χ2n) is 7.91. The molecule has 0 aliphatic carbocycles. The number of rotatable bonds is 9. The van der Waals surface area contributed by atoms with Crippen LogP contribution in [-0.4, -0.2) is 22.8 Å². The first-order valence-corrected chi connectivity index (χ1v) is 10.9. The maximum atomic E-state index is 13.4. The van der Waals surface area contributed by atoms with E-state index in [1.165, 1.54) is 12.1 Å². The van der Waals surface area contributed by atoms with Gasteiger partial charge in [-0.1, -0.05) is 79.2 Å². The van der Waals surface area contributed by atoms with Crippen LogP contribution < -0.4 is 5.32 Å². The lowest BCUT2D eigenvalue weighted by Gasteiger charge is -2.31. The Morgan fingerprint density at radius 2 is 1.50 bits per heavy atom. The number of amides is 2. The Bertz CT molecular complexity index is 1020. The third kappa shape index (κ3) is 6.51. The number of aryl methyl sites for hydroxylation is 1. The molecular formula is C27H29FN2O2. The molecule has 0 saturated carbocycles. The Morgan fingerprint density at radius 3 is 2.12 bits per heavy atom. The van der Waals surface area contributed by atoms with E-state index in [0.29, 0.717) is 13.0 Å². The third-order valence-corrected chi connectivity index (χ3v) is 5.43. The van der Waals surface area contributed by atoms with Crippen molar-refractivity contribution < 1.29 is 14.0 Å². The highest BCUT2D eigenvalue weighted by atomic mass is 19.1. The number of nitrogens with zero attached hydrogens (tertiary/aromatic N) is 1. The zero-order chi connectivity index (χ0) is 22.9. The van der Waals surface area contributed by atoms with Crippen molar-refractivity contribution in [3.05, 3.63) is 107 Å². The van der Waals surface area contributed by atoms with E-state index in [1.807, 2.05) is 61.5 Å². The van der Waals surface area contributed by atoms with Crippen molar-refractivity contribution in [3.8, 4) is 0 Å². The second-order valence-corrected chi connectivity index (χ2v) is 7.91. The first-order chi connectivity index (χ1) is 15.5. The van der Waals surface area contributed by atoms with E-state index in [9.17, 15) is 14.0 Å². The fourth-order valence-corrected chi connectivity index (χ4v) is 3.56. The minimum atomic E-state index is -0.680. The molecule has 0 saturated heterocycles. The molecule has 0 radical (unpaired) electrons. The average Bonchev–Trinajstić information content (AvgIpc) is 2.82. The molecule has 0 unspecified atom stereocenters. The zero-order valence-electron chi connectivity index (χ0n) is 18.6. The van der Waals surface area contributed by atoms with E-state index >= 15 is 0 Å². The average molecular weight is 433 g/mol. The Hall–Kier alpha value is -3.47. The summed E-state index contributed by atoms with van der Waals surface area (Å²) in [5.41, 5.74) is 3.89. The summed E-state index contributed by atoms with van der Waals surface area (Å²) in [6.07, 6.45) is 0.672. The van der Waals surface area contributed by atoms with E-state index in [4.69, 9.17) is 0 Å². The minimum Gasteiger partial charge on any atom is -0.350 e. The molecule has 1 atom stereocenters. The standard InChI is InChI=1S/C27H29FN2O2/c1-3-26(31)30(19-23-13-15-24(28)16-14-23)25(17-21-7-5-4-6-8-21)27(32)29-18-22-11-9-20(2)10-12-22/h4-16,25H,3,17-19H2,1-2H3,(H,29,32)/t25-/m0/s1. The van der Waals surface area contributed by atoms with Crippen LogP contribution in [0.25, 0.3) is 0 Å². The van der Waals surface area contributed by atoms with Gasteiger partial charge in [0.2, 0.25) is 11.8 Å². The Kier molecular flexibility index (Phi) is 8.14. The molecular weight excluding hydrogens is 403 g/mol. The molecule has 4 nitrogen and oxygen atoms in total. The Labute approximate surface area is 189 Å². The van der Waals surface area contributed by atoms with Gasteiger partial charge in [-0.15, -0.1) is 0 Å². The van der Waals surface area contributed by atoms with Gasteiger partial charge in [-0.3, -0.25) is 9.59 Å². The predicted molar refractivity (Wildman–Crippen MR) is 124 cm³/mol. The van der Waals surface area contributed by atoms with E-state index in [-0.39, 0.29) is 30.6 Å². The molecule has 0 aliphatic rings. The van der Waals surface area contributed by atoms with E-state index in [2.05, 4.69) is 5.32 Å². The van der Waals surface area contributed by atoms with Gasteiger partial charge < -0.3 is 10.2 Å². The molecule has 0 spiro atoms. The summed E-state index contributed by atoms with van der Waals surface area (Å²) in [7, 11) is 0. The SMILES string of the molecule is CCC(=O)N(Cc1ccc(F)cc1)[C@@H](Cc1ccccc1)C(=O)NCc1ccc(C)cc1. The molecule has 0 aromatic heterocycles. The zero-order valence-corrected chi connectivity index (χ0v) is 18.6. The smallest absolute Gasteiger partial charge is 0.243 e. The highest BCUT2D eigenvalue weighted by Crippen LogP contribution is 2.16. The third-order valence-electron chi connectivity index (χ3n) is 5.43. The largest absolute Gasteiger partial charge is 0.350 e. The summed E-state index contributed by atoms with van der Waals surface area (Å²) in [6.45, 7) is 4.42. The Balaban J connectivity index is 1.84. The molecule has 0 heterocycles. The van der Waals surface area contributed by atoms with Gasteiger partial charge in [0.25, 0.3) is 0 Å². The molecule has 0 bridgehead atoms. The molecule has 3 aromatic rings. The van der Waals surface area contributed by atoms with Crippen LogP contribution in [0.5, 0.6) is 0 Å². The van der Waals surface area contributed by atoms with E-state index in [0.717, 1.165) is 22.3 Å². The van der Waals surface area contributed by atoms with Gasteiger partial charge in [0.05, 0.1) is 0 Å². The molecule has 2 amide bonds. The summed E-state index contributed by atoms with van der Waals surface area (Å²) in [6, 6.07) is 23.0. The fourth-order valence-electron chi connectivity index (χ4n) is 3.56. The second kappa shape index (κ2) is 11.2. The topological polar surface area (TPSA) is 49.4 Å². The van der Waals surface area contributed by atoms with E-state index < -0.39 is 6.04 Å². The van der Waals surface area contributed by atoms with Crippen molar-refractivity contribution in [2.75, 3.05) is 0 Å². The number of benzene rings is 3. The highest BCUT2D eigenvalue weighted by molar-refractivity contribution is 5.87. The summed E-state index contributed by atoms with van der Waals surface area (Å²) >= 11 is 0. The molecule has 166 valence electrons. The minimum absolute atomic E-state index is 0.124.